The van der Waals surface area contributed by atoms with Crippen molar-refractivity contribution in [3.8, 4) is 0 Å². The number of hydrogen-bond acceptors (Lipinski definition) is 3. The Balaban J connectivity index is 1.93. The Hall–Kier alpha value is -1.42. The van der Waals surface area contributed by atoms with E-state index in [2.05, 4.69) is 14.5 Å². The van der Waals surface area contributed by atoms with Crippen LogP contribution in [0.1, 0.15) is 18.7 Å². The van der Waals surface area contributed by atoms with Crippen LogP contribution in [0.25, 0.3) is 11.2 Å². The maximum absolute atomic E-state index is 6.13. The Kier molecular flexibility index (Phi) is 2.17. The fourth-order valence-electron chi connectivity index (χ4n) is 2.15. The quantitative estimate of drug-likeness (QED) is 0.840. The summed E-state index contributed by atoms with van der Waals surface area (Å²) in [5, 5.41) is 0. The lowest BCUT2D eigenvalue weighted by molar-refractivity contribution is 0.566. The van der Waals surface area contributed by atoms with Crippen LogP contribution >= 0.6 is 0 Å². The maximum Gasteiger partial charge on any atom is 0.159 e. The molecular formula is C12H16N4. The van der Waals surface area contributed by atoms with E-state index in [1.54, 1.807) is 6.20 Å². The molecule has 4 heteroatoms. The Morgan fingerprint density at radius 1 is 1.56 bits per heavy atom. The minimum atomic E-state index is 0.260. The lowest BCUT2D eigenvalue weighted by Crippen LogP contribution is -2.26. The second-order valence-electron chi connectivity index (χ2n) is 4.64. The van der Waals surface area contributed by atoms with Gasteiger partial charge >= 0.3 is 0 Å². The summed E-state index contributed by atoms with van der Waals surface area (Å²) in [5.74, 6) is 1.76. The molecule has 0 spiro atoms. The summed E-state index contributed by atoms with van der Waals surface area (Å²) < 4.78 is 2.05. The Morgan fingerprint density at radius 3 is 3.06 bits per heavy atom. The van der Waals surface area contributed by atoms with Gasteiger partial charge in [-0.05, 0) is 30.9 Å². The number of nitrogens with two attached hydrogens (primary N) is 1. The number of fused-ring (bicyclic) bond motifs is 1. The van der Waals surface area contributed by atoms with E-state index in [-0.39, 0.29) is 6.04 Å². The van der Waals surface area contributed by atoms with Crippen molar-refractivity contribution in [1.82, 2.24) is 14.5 Å². The first-order chi connectivity index (χ1) is 7.75. The van der Waals surface area contributed by atoms with Crippen molar-refractivity contribution >= 4 is 11.2 Å². The van der Waals surface area contributed by atoms with Gasteiger partial charge in [0.1, 0.15) is 11.3 Å². The highest BCUT2D eigenvalue weighted by atomic mass is 15.1. The number of nitrogens with zero attached hydrogens (tertiary/aromatic N) is 3. The van der Waals surface area contributed by atoms with Crippen molar-refractivity contribution in [2.45, 2.75) is 25.3 Å². The molecule has 84 valence electrons. The highest BCUT2D eigenvalue weighted by molar-refractivity contribution is 5.70. The first kappa shape index (κ1) is 9.78. The van der Waals surface area contributed by atoms with Crippen LogP contribution in [-0.4, -0.2) is 20.6 Å². The predicted molar refractivity (Wildman–Crippen MR) is 62.9 cm³/mol. The Labute approximate surface area is 94.5 Å². The van der Waals surface area contributed by atoms with E-state index >= 15 is 0 Å². The number of pyridine rings is 1. The molecule has 1 fully saturated rings. The largest absolute Gasteiger partial charge is 0.327 e. The molecule has 3 rings (SSSR count). The molecular weight excluding hydrogens is 200 g/mol. The number of imidazole rings is 1. The molecule has 4 nitrogen and oxygen atoms in total. The molecule has 2 heterocycles. The van der Waals surface area contributed by atoms with E-state index in [0.29, 0.717) is 5.92 Å². The van der Waals surface area contributed by atoms with Crippen LogP contribution in [0.4, 0.5) is 0 Å². The monoisotopic (exact) mass is 216 g/mol. The third kappa shape index (κ3) is 1.59. The average Bonchev–Trinajstić information content (AvgIpc) is 3.08. The topological polar surface area (TPSA) is 56.7 Å². The Bertz CT molecular complexity index is 513. The summed E-state index contributed by atoms with van der Waals surface area (Å²) in [6.45, 7) is 0. The minimum Gasteiger partial charge on any atom is -0.327 e. The van der Waals surface area contributed by atoms with Crippen molar-refractivity contribution < 1.29 is 0 Å². The van der Waals surface area contributed by atoms with Gasteiger partial charge in [0.05, 0.1) is 0 Å². The zero-order valence-corrected chi connectivity index (χ0v) is 9.43. The van der Waals surface area contributed by atoms with Gasteiger partial charge < -0.3 is 10.3 Å². The third-order valence-corrected chi connectivity index (χ3v) is 3.37. The number of aryl methyl sites for hydroxylation is 1. The lowest BCUT2D eigenvalue weighted by Gasteiger charge is -2.09. The van der Waals surface area contributed by atoms with Gasteiger partial charge in [-0.2, -0.15) is 0 Å². The SMILES string of the molecule is Cn1c(CC(N)C2CC2)nc2cccnc21. The maximum atomic E-state index is 6.13. The van der Waals surface area contributed by atoms with Gasteiger partial charge in [-0.1, -0.05) is 0 Å². The molecule has 0 aromatic carbocycles. The van der Waals surface area contributed by atoms with E-state index in [1.807, 2.05) is 19.2 Å². The van der Waals surface area contributed by atoms with Gasteiger partial charge in [-0.25, -0.2) is 9.97 Å². The molecule has 16 heavy (non-hydrogen) atoms. The molecule has 0 bridgehead atoms. The molecule has 0 saturated heterocycles. The predicted octanol–water partition coefficient (Wildman–Crippen LogP) is 1.25. The second kappa shape index (κ2) is 3.56. The molecule has 2 N–H and O–H groups in total. The van der Waals surface area contributed by atoms with Crippen LogP contribution in [0.2, 0.25) is 0 Å². The molecule has 2 aromatic heterocycles. The van der Waals surface area contributed by atoms with E-state index in [0.717, 1.165) is 23.4 Å². The van der Waals surface area contributed by atoms with Gasteiger partial charge in [0.15, 0.2) is 5.65 Å². The Morgan fingerprint density at radius 2 is 2.38 bits per heavy atom. The van der Waals surface area contributed by atoms with Gasteiger partial charge in [0, 0.05) is 25.7 Å². The second-order valence-corrected chi connectivity index (χ2v) is 4.64. The zero-order valence-electron chi connectivity index (χ0n) is 9.43. The highest BCUT2D eigenvalue weighted by Crippen LogP contribution is 2.32. The normalized spacial score (nSPS) is 17.9. The van der Waals surface area contributed by atoms with E-state index < -0.39 is 0 Å². The highest BCUT2D eigenvalue weighted by Gasteiger charge is 2.29. The van der Waals surface area contributed by atoms with E-state index in [1.165, 1.54) is 12.8 Å². The van der Waals surface area contributed by atoms with Crippen LogP contribution in [0.5, 0.6) is 0 Å². The third-order valence-electron chi connectivity index (χ3n) is 3.37. The molecule has 0 amide bonds. The summed E-state index contributed by atoms with van der Waals surface area (Å²) in [6.07, 6.45) is 5.22. The van der Waals surface area contributed by atoms with Crippen LogP contribution in [0.15, 0.2) is 18.3 Å². The van der Waals surface area contributed by atoms with Crippen LogP contribution in [0.3, 0.4) is 0 Å². The molecule has 1 aliphatic rings. The fraction of sp³-hybridized carbons (Fsp3) is 0.500. The molecule has 0 aliphatic heterocycles. The number of rotatable bonds is 3. The summed E-state index contributed by atoms with van der Waals surface area (Å²) in [5.41, 5.74) is 8.03. The first-order valence-corrected chi connectivity index (χ1v) is 5.77. The molecule has 1 aliphatic carbocycles. The molecule has 1 saturated carbocycles. The fourth-order valence-corrected chi connectivity index (χ4v) is 2.15. The molecule has 2 aromatic rings. The van der Waals surface area contributed by atoms with Crippen LogP contribution in [0, 0.1) is 5.92 Å². The van der Waals surface area contributed by atoms with E-state index in [4.69, 9.17) is 5.73 Å². The van der Waals surface area contributed by atoms with Gasteiger partial charge in [-0.15, -0.1) is 0 Å². The minimum absolute atomic E-state index is 0.260. The number of hydrogen-bond donors (Lipinski definition) is 1. The summed E-state index contributed by atoms with van der Waals surface area (Å²) in [6, 6.07) is 4.17. The smallest absolute Gasteiger partial charge is 0.159 e. The van der Waals surface area contributed by atoms with Crippen molar-refractivity contribution in [2.75, 3.05) is 0 Å². The summed E-state index contributed by atoms with van der Waals surface area (Å²) in [7, 11) is 2.01. The van der Waals surface area contributed by atoms with Crippen molar-refractivity contribution in [3.63, 3.8) is 0 Å². The van der Waals surface area contributed by atoms with Crippen molar-refractivity contribution in [3.05, 3.63) is 24.2 Å². The van der Waals surface area contributed by atoms with Crippen LogP contribution in [-0.2, 0) is 13.5 Å². The summed E-state index contributed by atoms with van der Waals surface area (Å²) in [4.78, 5) is 8.91. The van der Waals surface area contributed by atoms with Crippen molar-refractivity contribution in [2.24, 2.45) is 18.7 Å². The van der Waals surface area contributed by atoms with Gasteiger partial charge in [-0.3, -0.25) is 0 Å². The molecule has 0 radical (unpaired) electrons. The van der Waals surface area contributed by atoms with E-state index in [9.17, 15) is 0 Å². The lowest BCUT2D eigenvalue weighted by atomic mass is 10.1. The van der Waals surface area contributed by atoms with Crippen molar-refractivity contribution in [1.29, 1.82) is 0 Å². The molecule has 1 atom stereocenters. The standard InChI is InChI=1S/C12H16N4/c1-16-11(7-9(13)8-4-5-8)15-10-3-2-6-14-12(10)16/h2-3,6,8-9H,4-5,7,13H2,1H3. The molecule has 1 unspecified atom stereocenters. The summed E-state index contributed by atoms with van der Waals surface area (Å²) >= 11 is 0. The van der Waals surface area contributed by atoms with Gasteiger partial charge in [0.2, 0.25) is 0 Å². The number of aromatic nitrogens is 3. The first-order valence-electron chi connectivity index (χ1n) is 5.77. The van der Waals surface area contributed by atoms with Gasteiger partial charge in [0.25, 0.3) is 0 Å². The average molecular weight is 216 g/mol. The zero-order chi connectivity index (χ0) is 11.1. The van der Waals surface area contributed by atoms with Crippen LogP contribution < -0.4 is 5.73 Å².